The van der Waals surface area contributed by atoms with Crippen molar-refractivity contribution in [1.82, 2.24) is 5.43 Å². The first-order chi connectivity index (χ1) is 10.5. The van der Waals surface area contributed by atoms with Crippen LogP contribution in [0.2, 0.25) is 10.0 Å². The monoisotopic (exact) mass is 340 g/mol. The van der Waals surface area contributed by atoms with Crippen molar-refractivity contribution in [2.45, 2.75) is 38.7 Å². The Labute approximate surface area is 139 Å². The van der Waals surface area contributed by atoms with Crippen LogP contribution < -0.4 is 10.2 Å². The molecule has 3 atom stereocenters. The predicted octanol–water partition coefficient (Wildman–Crippen LogP) is 4.05. The van der Waals surface area contributed by atoms with Gasteiger partial charge in [-0.25, -0.2) is 5.43 Å². The van der Waals surface area contributed by atoms with Gasteiger partial charge in [-0.2, -0.15) is 5.10 Å². The van der Waals surface area contributed by atoms with Crippen molar-refractivity contribution in [2.24, 2.45) is 16.9 Å². The van der Waals surface area contributed by atoms with Crippen LogP contribution in [0.5, 0.6) is 5.75 Å². The Bertz CT molecular complexity index is 618. The topological polar surface area (TPSA) is 50.7 Å². The van der Waals surface area contributed by atoms with E-state index in [9.17, 15) is 4.79 Å². The largest absolute Gasteiger partial charge is 0.479 e. The molecule has 4 nitrogen and oxygen atoms in total. The minimum Gasteiger partial charge on any atom is -0.479 e. The maximum atomic E-state index is 12.1. The first-order valence-electron chi connectivity index (χ1n) is 7.51. The van der Waals surface area contributed by atoms with E-state index in [1.807, 2.05) is 0 Å². The maximum absolute atomic E-state index is 12.1. The van der Waals surface area contributed by atoms with E-state index in [0.29, 0.717) is 21.7 Å². The van der Waals surface area contributed by atoms with Gasteiger partial charge < -0.3 is 4.74 Å². The van der Waals surface area contributed by atoms with E-state index in [-0.39, 0.29) is 5.91 Å². The van der Waals surface area contributed by atoms with Crippen molar-refractivity contribution in [3.05, 3.63) is 28.2 Å². The number of amides is 1. The standard InChI is InChI=1S/C16H18Cl2N2O2/c1-9(22-15-5-4-12(17)8-13(15)18)16(21)20-19-14-7-10-2-3-11(14)6-10/h4-5,8-11H,2-3,6-7H2,1H3,(H,20,21)/b19-14-. The van der Waals surface area contributed by atoms with Crippen LogP contribution in [0.25, 0.3) is 0 Å². The molecule has 0 spiro atoms. The quantitative estimate of drug-likeness (QED) is 0.840. The van der Waals surface area contributed by atoms with Crippen molar-refractivity contribution < 1.29 is 9.53 Å². The van der Waals surface area contributed by atoms with Crippen molar-refractivity contribution in [3.63, 3.8) is 0 Å². The van der Waals surface area contributed by atoms with Crippen molar-refractivity contribution >= 4 is 34.8 Å². The zero-order chi connectivity index (χ0) is 15.7. The second kappa shape index (κ2) is 6.47. The fourth-order valence-corrected chi connectivity index (χ4v) is 3.65. The number of fused-ring (bicyclic) bond motifs is 2. The summed E-state index contributed by atoms with van der Waals surface area (Å²) in [5.74, 6) is 1.48. The van der Waals surface area contributed by atoms with Crippen LogP contribution in [0.4, 0.5) is 0 Å². The number of halogens is 2. The van der Waals surface area contributed by atoms with Crippen LogP contribution in [0, 0.1) is 11.8 Å². The van der Waals surface area contributed by atoms with Gasteiger partial charge in [0, 0.05) is 10.7 Å². The third kappa shape index (κ3) is 3.39. The van der Waals surface area contributed by atoms with E-state index in [1.165, 1.54) is 19.3 Å². The van der Waals surface area contributed by atoms with Gasteiger partial charge in [-0.3, -0.25) is 4.79 Å². The van der Waals surface area contributed by atoms with Crippen LogP contribution in [0.15, 0.2) is 23.3 Å². The summed E-state index contributed by atoms with van der Waals surface area (Å²) >= 11 is 11.9. The first-order valence-corrected chi connectivity index (χ1v) is 8.26. The molecule has 2 bridgehead atoms. The number of ether oxygens (including phenoxy) is 1. The molecule has 6 heteroatoms. The molecular weight excluding hydrogens is 323 g/mol. The Morgan fingerprint density at radius 3 is 2.86 bits per heavy atom. The fourth-order valence-electron chi connectivity index (χ4n) is 3.19. The van der Waals surface area contributed by atoms with Gasteiger partial charge in [-0.1, -0.05) is 23.2 Å². The molecule has 0 aromatic heterocycles. The lowest BCUT2D eigenvalue weighted by atomic mass is 9.99. The average molecular weight is 341 g/mol. The molecule has 0 heterocycles. The normalized spacial score (nSPS) is 26.2. The lowest BCUT2D eigenvalue weighted by Gasteiger charge is -2.16. The summed E-state index contributed by atoms with van der Waals surface area (Å²) in [7, 11) is 0. The van der Waals surface area contributed by atoms with Crippen molar-refractivity contribution in [3.8, 4) is 5.75 Å². The zero-order valence-corrected chi connectivity index (χ0v) is 13.8. The second-order valence-electron chi connectivity index (χ2n) is 5.99. The van der Waals surface area contributed by atoms with E-state index >= 15 is 0 Å². The Morgan fingerprint density at radius 1 is 1.41 bits per heavy atom. The van der Waals surface area contributed by atoms with Gasteiger partial charge in [-0.05, 0) is 62.6 Å². The average Bonchev–Trinajstić information content (AvgIpc) is 3.10. The van der Waals surface area contributed by atoms with E-state index in [0.717, 1.165) is 18.1 Å². The maximum Gasteiger partial charge on any atom is 0.280 e. The molecule has 3 unspecified atom stereocenters. The molecule has 0 radical (unpaired) electrons. The van der Waals surface area contributed by atoms with Gasteiger partial charge >= 0.3 is 0 Å². The number of carbonyl (C=O) groups excluding carboxylic acids is 1. The highest BCUT2D eigenvalue weighted by Crippen LogP contribution is 2.42. The van der Waals surface area contributed by atoms with Crippen LogP contribution in [0.3, 0.4) is 0 Å². The molecule has 2 aliphatic carbocycles. The molecule has 118 valence electrons. The summed E-state index contributed by atoms with van der Waals surface area (Å²) in [6, 6.07) is 4.90. The zero-order valence-electron chi connectivity index (χ0n) is 12.3. The number of nitrogens with one attached hydrogen (secondary N) is 1. The summed E-state index contributed by atoms with van der Waals surface area (Å²) in [4.78, 5) is 12.1. The Kier molecular flexibility index (Phi) is 4.59. The summed E-state index contributed by atoms with van der Waals surface area (Å²) in [5.41, 5.74) is 3.74. The molecule has 2 aliphatic rings. The molecule has 0 aliphatic heterocycles. The molecule has 2 fully saturated rings. The number of hydrogen-bond donors (Lipinski definition) is 1. The van der Waals surface area contributed by atoms with E-state index in [4.69, 9.17) is 27.9 Å². The van der Waals surface area contributed by atoms with Gasteiger partial charge in [-0.15, -0.1) is 0 Å². The van der Waals surface area contributed by atoms with Crippen LogP contribution in [-0.4, -0.2) is 17.7 Å². The van der Waals surface area contributed by atoms with Gasteiger partial charge in [0.25, 0.3) is 5.91 Å². The molecule has 1 amide bonds. The van der Waals surface area contributed by atoms with Gasteiger partial charge in [0.2, 0.25) is 0 Å². The lowest BCUT2D eigenvalue weighted by molar-refractivity contribution is -0.127. The smallest absolute Gasteiger partial charge is 0.280 e. The van der Waals surface area contributed by atoms with Gasteiger partial charge in [0.1, 0.15) is 5.75 Å². The lowest BCUT2D eigenvalue weighted by Crippen LogP contribution is -2.34. The van der Waals surface area contributed by atoms with Crippen LogP contribution in [0.1, 0.15) is 32.6 Å². The Balaban J connectivity index is 1.57. The second-order valence-corrected chi connectivity index (χ2v) is 6.84. The molecule has 1 N–H and O–H groups in total. The van der Waals surface area contributed by atoms with E-state index in [2.05, 4.69) is 10.5 Å². The van der Waals surface area contributed by atoms with Crippen molar-refractivity contribution in [1.29, 1.82) is 0 Å². The Hall–Kier alpha value is -1.26. The SMILES string of the molecule is CC(Oc1ccc(Cl)cc1Cl)C(=O)N/N=C1/CC2CCC1C2. The minimum atomic E-state index is -0.679. The van der Waals surface area contributed by atoms with Crippen molar-refractivity contribution in [2.75, 3.05) is 0 Å². The molecular formula is C16H18Cl2N2O2. The number of hydrazone groups is 1. The number of nitrogens with zero attached hydrogens (tertiary/aromatic N) is 1. The Morgan fingerprint density at radius 2 is 2.23 bits per heavy atom. The highest BCUT2D eigenvalue weighted by atomic mass is 35.5. The molecule has 3 rings (SSSR count). The van der Waals surface area contributed by atoms with E-state index < -0.39 is 6.10 Å². The molecule has 0 saturated heterocycles. The molecule has 1 aromatic rings. The fraction of sp³-hybridized carbons (Fsp3) is 0.500. The highest BCUT2D eigenvalue weighted by Gasteiger charge is 2.36. The summed E-state index contributed by atoms with van der Waals surface area (Å²) < 4.78 is 5.57. The minimum absolute atomic E-state index is 0.277. The third-order valence-corrected chi connectivity index (χ3v) is 4.92. The van der Waals surface area contributed by atoms with Gasteiger partial charge in [0.15, 0.2) is 6.10 Å². The predicted molar refractivity (Wildman–Crippen MR) is 87.6 cm³/mol. The van der Waals surface area contributed by atoms with Gasteiger partial charge in [0.05, 0.1) is 5.02 Å². The summed E-state index contributed by atoms with van der Waals surface area (Å²) in [5, 5.41) is 5.19. The van der Waals surface area contributed by atoms with E-state index in [1.54, 1.807) is 25.1 Å². The summed E-state index contributed by atoms with van der Waals surface area (Å²) in [6.07, 6.45) is 4.06. The first kappa shape index (κ1) is 15.6. The third-order valence-electron chi connectivity index (χ3n) is 4.39. The number of rotatable bonds is 4. The molecule has 22 heavy (non-hydrogen) atoms. The van der Waals surface area contributed by atoms with Crippen LogP contribution >= 0.6 is 23.2 Å². The highest BCUT2D eigenvalue weighted by molar-refractivity contribution is 6.35. The summed E-state index contributed by atoms with van der Waals surface area (Å²) in [6.45, 7) is 1.67. The van der Waals surface area contributed by atoms with Crippen LogP contribution in [-0.2, 0) is 4.79 Å². The number of carbonyl (C=O) groups is 1. The number of benzene rings is 1. The molecule has 1 aromatic carbocycles. The molecule has 2 saturated carbocycles. The number of hydrogen-bond acceptors (Lipinski definition) is 3.